The van der Waals surface area contributed by atoms with Crippen molar-refractivity contribution < 1.29 is 9.53 Å². The van der Waals surface area contributed by atoms with E-state index < -0.39 is 0 Å². The highest BCUT2D eigenvalue weighted by molar-refractivity contribution is 7.15. The van der Waals surface area contributed by atoms with Gasteiger partial charge in [0, 0.05) is 36.3 Å². The van der Waals surface area contributed by atoms with Crippen LogP contribution in [0.5, 0.6) is 5.75 Å². The van der Waals surface area contributed by atoms with Gasteiger partial charge < -0.3 is 9.64 Å². The van der Waals surface area contributed by atoms with Gasteiger partial charge >= 0.3 is 0 Å². The molecule has 148 valence electrons. The molecule has 0 N–H and O–H groups in total. The van der Waals surface area contributed by atoms with Crippen molar-refractivity contribution in [1.29, 1.82) is 0 Å². The third-order valence-corrected chi connectivity index (χ3v) is 6.41. The molecular weight excluding hydrogens is 372 g/mol. The summed E-state index contributed by atoms with van der Waals surface area (Å²) in [6, 6.07) is 8.29. The van der Waals surface area contributed by atoms with Crippen LogP contribution in [0.3, 0.4) is 0 Å². The summed E-state index contributed by atoms with van der Waals surface area (Å²) in [5.41, 5.74) is 2.53. The number of carbonyl (C=O) groups is 1. The first-order valence-electron chi connectivity index (χ1n) is 9.79. The molecule has 7 heteroatoms. The number of likely N-dealkylation sites (N-methyl/N-ethyl adjacent to an activating group) is 1. The number of hydrogen-bond donors (Lipinski definition) is 0. The topological polar surface area (TPSA) is 50.1 Å². The van der Waals surface area contributed by atoms with E-state index >= 15 is 0 Å². The summed E-state index contributed by atoms with van der Waals surface area (Å²) in [5.74, 6) is 0.889. The highest BCUT2D eigenvalue weighted by Gasteiger charge is 2.31. The quantitative estimate of drug-likeness (QED) is 0.636. The Bertz CT molecular complexity index is 976. The molecule has 0 aliphatic carbocycles. The smallest absolute Gasteiger partial charge is 0.271 e. The van der Waals surface area contributed by atoms with Gasteiger partial charge in [0.25, 0.3) is 5.91 Å². The van der Waals surface area contributed by atoms with Crippen molar-refractivity contribution in [2.24, 2.45) is 0 Å². The van der Waals surface area contributed by atoms with E-state index in [-0.39, 0.29) is 5.91 Å². The number of likely N-dealkylation sites (tertiary alicyclic amines) is 1. The van der Waals surface area contributed by atoms with Gasteiger partial charge in [0.05, 0.1) is 12.8 Å². The van der Waals surface area contributed by atoms with Crippen LogP contribution in [0, 0.1) is 0 Å². The van der Waals surface area contributed by atoms with Crippen molar-refractivity contribution in [2.45, 2.75) is 26.3 Å². The van der Waals surface area contributed by atoms with Crippen LogP contribution in [0.4, 0.5) is 0 Å². The van der Waals surface area contributed by atoms with Gasteiger partial charge in [-0.05, 0) is 31.6 Å². The zero-order chi connectivity index (χ0) is 19.7. The Morgan fingerprint density at radius 1 is 1.36 bits per heavy atom. The van der Waals surface area contributed by atoms with Crippen LogP contribution in [0.1, 0.15) is 30.8 Å². The van der Waals surface area contributed by atoms with Gasteiger partial charge in [-0.3, -0.25) is 14.1 Å². The number of carbonyl (C=O) groups excluding carboxylic acids is 1. The molecule has 0 radical (unpaired) electrons. The van der Waals surface area contributed by atoms with Crippen molar-refractivity contribution in [2.75, 3.05) is 33.3 Å². The molecule has 1 aliphatic heterocycles. The number of imidazole rings is 1. The van der Waals surface area contributed by atoms with E-state index in [0.29, 0.717) is 11.7 Å². The van der Waals surface area contributed by atoms with E-state index in [4.69, 9.17) is 9.72 Å². The fraction of sp³-hybridized carbons (Fsp3) is 0.429. The fourth-order valence-corrected chi connectivity index (χ4v) is 4.83. The summed E-state index contributed by atoms with van der Waals surface area (Å²) in [6.07, 6.45) is 2.99. The number of benzene rings is 1. The van der Waals surface area contributed by atoms with Gasteiger partial charge in [-0.1, -0.05) is 26.0 Å². The van der Waals surface area contributed by atoms with Crippen LogP contribution in [-0.4, -0.2) is 64.4 Å². The zero-order valence-corrected chi connectivity index (χ0v) is 17.4. The molecule has 4 rings (SSSR count). The van der Waals surface area contributed by atoms with Gasteiger partial charge in [0.1, 0.15) is 11.4 Å². The summed E-state index contributed by atoms with van der Waals surface area (Å²) < 4.78 is 7.24. The van der Waals surface area contributed by atoms with E-state index in [2.05, 4.69) is 18.7 Å². The highest BCUT2D eigenvalue weighted by Crippen LogP contribution is 2.27. The minimum atomic E-state index is 0.0931. The Balaban J connectivity index is 1.58. The lowest BCUT2D eigenvalue weighted by Crippen LogP contribution is -2.38. The summed E-state index contributed by atoms with van der Waals surface area (Å²) in [7, 11) is 1.66. The van der Waals surface area contributed by atoms with Gasteiger partial charge in [-0.2, -0.15) is 0 Å². The maximum Gasteiger partial charge on any atom is 0.271 e. The number of fused-ring (bicyclic) bond motifs is 1. The lowest BCUT2D eigenvalue weighted by Gasteiger charge is -2.26. The maximum atomic E-state index is 13.2. The first-order valence-corrected chi connectivity index (χ1v) is 10.7. The van der Waals surface area contributed by atoms with E-state index in [1.165, 1.54) is 11.3 Å². The number of amides is 1. The van der Waals surface area contributed by atoms with Crippen LogP contribution in [0.25, 0.3) is 16.2 Å². The predicted molar refractivity (Wildman–Crippen MR) is 112 cm³/mol. The third-order valence-electron chi connectivity index (χ3n) is 5.57. The van der Waals surface area contributed by atoms with Crippen molar-refractivity contribution in [3.63, 3.8) is 0 Å². The standard InChI is InChI=1S/C21H26N4O2S/c1-4-23(5-2)16-9-10-24(12-16)20(26)19-14-28-21-22-18(13-25(19)21)15-7-6-8-17(11-15)27-3/h6-8,11,13-14,16H,4-5,9-10,12H2,1-3H3/t16-/m1/s1. The molecule has 0 unspecified atom stereocenters. The lowest BCUT2D eigenvalue weighted by molar-refractivity contribution is 0.0771. The second-order valence-corrected chi connectivity index (χ2v) is 7.88. The molecule has 1 saturated heterocycles. The second-order valence-electron chi connectivity index (χ2n) is 7.05. The normalized spacial score (nSPS) is 17.0. The van der Waals surface area contributed by atoms with Crippen molar-refractivity contribution in [3.05, 3.63) is 41.5 Å². The first kappa shape index (κ1) is 19.0. The van der Waals surface area contributed by atoms with Crippen LogP contribution in [0.15, 0.2) is 35.8 Å². The van der Waals surface area contributed by atoms with E-state index in [1.54, 1.807) is 7.11 Å². The maximum absolute atomic E-state index is 13.2. The molecular formula is C21H26N4O2S. The number of hydrogen-bond acceptors (Lipinski definition) is 5. The number of ether oxygens (including phenoxy) is 1. The molecule has 1 amide bonds. The molecule has 28 heavy (non-hydrogen) atoms. The van der Waals surface area contributed by atoms with Crippen LogP contribution < -0.4 is 4.74 Å². The summed E-state index contributed by atoms with van der Waals surface area (Å²) in [4.78, 5) is 23.1. The summed E-state index contributed by atoms with van der Waals surface area (Å²) >= 11 is 1.51. The molecule has 6 nitrogen and oxygen atoms in total. The summed E-state index contributed by atoms with van der Waals surface area (Å²) in [5, 5.41) is 1.92. The SMILES string of the molecule is CCN(CC)[C@@H]1CCN(C(=O)c2csc3nc(-c4cccc(OC)c4)cn23)C1. The number of aromatic nitrogens is 2. The highest BCUT2D eigenvalue weighted by atomic mass is 32.1. The molecule has 3 heterocycles. The molecule has 0 spiro atoms. The summed E-state index contributed by atoms with van der Waals surface area (Å²) in [6.45, 7) is 8.03. The molecule has 2 aromatic heterocycles. The Morgan fingerprint density at radius 2 is 2.18 bits per heavy atom. The Kier molecular flexibility index (Phi) is 5.37. The monoisotopic (exact) mass is 398 g/mol. The van der Waals surface area contributed by atoms with E-state index in [9.17, 15) is 4.79 Å². The number of rotatable bonds is 6. The molecule has 3 aromatic rings. The average molecular weight is 399 g/mol. The van der Waals surface area contributed by atoms with Gasteiger partial charge in [-0.15, -0.1) is 11.3 Å². The Labute approximate surface area is 169 Å². The van der Waals surface area contributed by atoms with Crippen LogP contribution >= 0.6 is 11.3 Å². The van der Waals surface area contributed by atoms with Crippen LogP contribution in [0.2, 0.25) is 0 Å². The largest absolute Gasteiger partial charge is 0.497 e. The van der Waals surface area contributed by atoms with Gasteiger partial charge in [-0.25, -0.2) is 4.98 Å². The first-order chi connectivity index (χ1) is 13.6. The van der Waals surface area contributed by atoms with Crippen molar-refractivity contribution in [3.8, 4) is 17.0 Å². The second kappa shape index (κ2) is 7.93. The van der Waals surface area contributed by atoms with Crippen LogP contribution in [-0.2, 0) is 0 Å². The fourth-order valence-electron chi connectivity index (χ4n) is 3.99. The van der Waals surface area contributed by atoms with E-state index in [0.717, 1.165) is 54.6 Å². The Hall–Kier alpha value is -2.38. The Morgan fingerprint density at radius 3 is 2.93 bits per heavy atom. The third kappa shape index (κ3) is 3.40. The van der Waals surface area contributed by atoms with Crippen molar-refractivity contribution >= 4 is 22.2 Å². The molecule has 1 atom stereocenters. The van der Waals surface area contributed by atoms with Crippen molar-refractivity contribution in [1.82, 2.24) is 19.2 Å². The minimum absolute atomic E-state index is 0.0931. The molecule has 0 bridgehead atoms. The minimum Gasteiger partial charge on any atom is -0.497 e. The van der Waals surface area contributed by atoms with Gasteiger partial charge in [0.15, 0.2) is 4.96 Å². The number of methoxy groups -OCH3 is 1. The lowest BCUT2D eigenvalue weighted by atomic mass is 10.1. The molecule has 1 aliphatic rings. The molecule has 0 saturated carbocycles. The molecule has 1 aromatic carbocycles. The number of thiazole rings is 1. The average Bonchev–Trinajstić information content (AvgIpc) is 3.44. The van der Waals surface area contributed by atoms with Gasteiger partial charge in [0.2, 0.25) is 0 Å². The zero-order valence-electron chi connectivity index (χ0n) is 16.6. The van der Waals surface area contributed by atoms with E-state index in [1.807, 2.05) is 45.1 Å². The predicted octanol–water partition coefficient (Wildman–Crippen LogP) is 3.63. The molecule has 1 fully saturated rings. The number of nitrogens with zero attached hydrogens (tertiary/aromatic N) is 4.